The lowest BCUT2D eigenvalue weighted by Gasteiger charge is -2.11. The lowest BCUT2D eigenvalue weighted by molar-refractivity contribution is 0.0951. The summed E-state index contributed by atoms with van der Waals surface area (Å²) >= 11 is 0. The van der Waals surface area contributed by atoms with Crippen molar-refractivity contribution in [1.29, 1.82) is 0 Å². The van der Waals surface area contributed by atoms with Gasteiger partial charge in [0, 0.05) is 41.3 Å². The Morgan fingerprint density at radius 1 is 1.08 bits per heavy atom. The summed E-state index contributed by atoms with van der Waals surface area (Å²) in [5.74, 6) is 1.33. The van der Waals surface area contributed by atoms with Gasteiger partial charge in [0.15, 0.2) is 0 Å². The molecule has 1 amide bonds. The Hall–Kier alpha value is -2.95. The van der Waals surface area contributed by atoms with E-state index in [9.17, 15) is 4.79 Å². The number of aryl methyl sites for hydroxylation is 2. The molecule has 26 heavy (non-hydrogen) atoms. The van der Waals surface area contributed by atoms with Crippen LogP contribution in [0.15, 0.2) is 36.4 Å². The zero-order chi connectivity index (χ0) is 18.8. The predicted octanol–water partition coefficient (Wildman–Crippen LogP) is 3.74. The summed E-state index contributed by atoms with van der Waals surface area (Å²) in [4.78, 5) is 12.6. The van der Waals surface area contributed by atoms with E-state index in [0.29, 0.717) is 12.1 Å². The summed E-state index contributed by atoms with van der Waals surface area (Å²) in [6.07, 6.45) is 0. The maximum Gasteiger partial charge on any atom is 0.251 e. The van der Waals surface area contributed by atoms with Gasteiger partial charge in [0.05, 0.1) is 14.2 Å². The van der Waals surface area contributed by atoms with E-state index in [0.717, 1.165) is 28.0 Å². The summed E-state index contributed by atoms with van der Waals surface area (Å²) in [7, 11) is 5.27. The highest BCUT2D eigenvalue weighted by Crippen LogP contribution is 2.26. The molecule has 0 unspecified atom stereocenters. The van der Waals surface area contributed by atoms with Crippen molar-refractivity contribution in [3.8, 4) is 11.5 Å². The molecule has 0 saturated heterocycles. The number of benzene rings is 2. The number of aromatic nitrogens is 1. The van der Waals surface area contributed by atoms with Crippen LogP contribution in [0.25, 0.3) is 10.9 Å². The third-order valence-electron chi connectivity index (χ3n) is 5.00. The first-order valence-electron chi connectivity index (χ1n) is 8.51. The molecule has 1 N–H and O–H groups in total. The lowest BCUT2D eigenvalue weighted by Crippen LogP contribution is -2.23. The topological polar surface area (TPSA) is 52.5 Å². The molecule has 136 valence electrons. The molecule has 0 aliphatic heterocycles. The Bertz CT molecular complexity index is 973. The average Bonchev–Trinajstić information content (AvgIpc) is 2.89. The largest absolute Gasteiger partial charge is 0.497 e. The minimum Gasteiger partial charge on any atom is -0.497 e. The summed E-state index contributed by atoms with van der Waals surface area (Å²) in [6, 6.07) is 11.3. The van der Waals surface area contributed by atoms with E-state index in [4.69, 9.17) is 9.47 Å². The molecule has 5 heteroatoms. The SMILES string of the molecule is COc1ccc(OC)c(CNC(=O)c2ccc3c(c2)c(C)c(C)n3C)c1. The van der Waals surface area contributed by atoms with Gasteiger partial charge < -0.3 is 19.4 Å². The summed E-state index contributed by atoms with van der Waals surface area (Å²) in [5, 5.41) is 4.07. The Morgan fingerprint density at radius 3 is 2.54 bits per heavy atom. The first-order chi connectivity index (χ1) is 12.5. The average molecular weight is 352 g/mol. The molecular weight excluding hydrogens is 328 g/mol. The molecule has 0 atom stereocenters. The zero-order valence-electron chi connectivity index (χ0n) is 15.8. The minimum atomic E-state index is -0.113. The van der Waals surface area contributed by atoms with Crippen molar-refractivity contribution in [2.45, 2.75) is 20.4 Å². The summed E-state index contributed by atoms with van der Waals surface area (Å²) < 4.78 is 12.8. The van der Waals surface area contributed by atoms with Gasteiger partial charge >= 0.3 is 0 Å². The van der Waals surface area contributed by atoms with Crippen molar-refractivity contribution in [3.63, 3.8) is 0 Å². The quantitative estimate of drug-likeness (QED) is 0.761. The van der Waals surface area contributed by atoms with E-state index in [2.05, 4.69) is 23.7 Å². The van der Waals surface area contributed by atoms with Crippen LogP contribution in [0.4, 0.5) is 0 Å². The van der Waals surface area contributed by atoms with Gasteiger partial charge in [0.2, 0.25) is 0 Å². The molecule has 1 aromatic heterocycles. The van der Waals surface area contributed by atoms with Gasteiger partial charge in [-0.15, -0.1) is 0 Å². The Labute approximate surface area is 153 Å². The number of carbonyl (C=O) groups is 1. The highest BCUT2D eigenvalue weighted by molar-refractivity contribution is 5.99. The third kappa shape index (κ3) is 3.12. The molecule has 3 rings (SSSR count). The predicted molar refractivity (Wildman–Crippen MR) is 103 cm³/mol. The van der Waals surface area contributed by atoms with E-state index in [1.165, 1.54) is 11.3 Å². The van der Waals surface area contributed by atoms with Crippen LogP contribution in [0.3, 0.4) is 0 Å². The van der Waals surface area contributed by atoms with Crippen molar-refractivity contribution in [3.05, 3.63) is 58.8 Å². The van der Waals surface area contributed by atoms with Gasteiger partial charge in [-0.05, 0) is 55.8 Å². The number of amides is 1. The van der Waals surface area contributed by atoms with E-state index in [-0.39, 0.29) is 5.91 Å². The Kier molecular flexibility index (Phi) is 4.89. The molecule has 2 aromatic carbocycles. The fraction of sp³-hybridized carbons (Fsp3) is 0.286. The normalized spacial score (nSPS) is 10.8. The molecule has 3 aromatic rings. The molecule has 0 spiro atoms. The number of carbonyl (C=O) groups excluding carboxylic acids is 1. The molecule has 0 bridgehead atoms. The van der Waals surface area contributed by atoms with Gasteiger partial charge in [-0.2, -0.15) is 0 Å². The van der Waals surface area contributed by atoms with Crippen LogP contribution in [0.5, 0.6) is 11.5 Å². The minimum absolute atomic E-state index is 0.113. The number of ether oxygens (including phenoxy) is 2. The second kappa shape index (κ2) is 7.12. The van der Waals surface area contributed by atoms with Gasteiger partial charge in [0.1, 0.15) is 11.5 Å². The van der Waals surface area contributed by atoms with Crippen LogP contribution < -0.4 is 14.8 Å². The molecular formula is C21H24N2O3. The highest BCUT2D eigenvalue weighted by atomic mass is 16.5. The Balaban J connectivity index is 1.83. The van der Waals surface area contributed by atoms with Crippen molar-refractivity contribution >= 4 is 16.8 Å². The summed E-state index contributed by atoms with van der Waals surface area (Å²) in [5.41, 5.74) is 5.05. The number of nitrogens with zero attached hydrogens (tertiary/aromatic N) is 1. The molecule has 0 aliphatic rings. The third-order valence-corrected chi connectivity index (χ3v) is 5.00. The van der Waals surface area contributed by atoms with Crippen molar-refractivity contribution in [1.82, 2.24) is 9.88 Å². The highest BCUT2D eigenvalue weighted by Gasteiger charge is 2.13. The van der Waals surface area contributed by atoms with E-state index in [1.807, 2.05) is 43.4 Å². The van der Waals surface area contributed by atoms with Gasteiger partial charge in [-0.3, -0.25) is 4.79 Å². The van der Waals surface area contributed by atoms with Crippen molar-refractivity contribution in [2.75, 3.05) is 14.2 Å². The van der Waals surface area contributed by atoms with Crippen molar-refractivity contribution in [2.24, 2.45) is 7.05 Å². The second-order valence-electron chi connectivity index (χ2n) is 6.36. The fourth-order valence-electron chi connectivity index (χ4n) is 3.19. The molecule has 5 nitrogen and oxygen atoms in total. The maximum absolute atomic E-state index is 12.6. The van der Waals surface area contributed by atoms with Crippen LogP contribution in [0.1, 0.15) is 27.2 Å². The fourth-order valence-corrected chi connectivity index (χ4v) is 3.19. The molecule has 0 fully saturated rings. The zero-order valence-corrected chi connectivity index (χ0v) is 15.8. The van der Waals surface area contributed by atoms with Gasteiger partial charge in [-0.25, -0.2) is 0 Å². The van der Waals surface area contributed by atoms with E-state index >= 15 is 0 Å². The lowest BCUT2D eigenvalue weighted by atomic mass is 10.1. The second-order valence-corrected chi connectivity index (χ2v) is 6.36. The number of hydrogen-bond donors (Lipinski definition) is 1. The van der Waals surface area contributed by atoms with Crippen LogP contribution in [-0.4, -0.2) is 24.7 Å². The number of nitrogens with one attached hydrogen (secondary N) is 1. The smallest absolute Gasteiger partial charge is 0.251 e. The molecule has 0 aliphatic carbocycles. The standard InChI is InChI=1S/C21H24N2O3/c1-13-14(2)23(3)19-8-6-15(11-18(13)19)21(24)22-12-16-10-17(25-4)7-9-20(16)26-5/h6-11H,12H2,1-5H3,(H,22,24). The van der Waals surface area contributed by atoms with Crippen LogP contribution in [0.2, 0.25) is 0 Å². The Morgan fingerprint density at radius 2 is 1.85 bits per heavy atom. The molecule has 0 saturated carbocycles. The number of fused-ring (bicyclic) bond motifs is 1. The number of methoxy groups -OCH3 is 2. The molecule has 1 heterocycles. The first kappa shape index (κ1) is 17.9. The first-order valence-corrected chi connectivity index (χ1v) is 8.51. The maximum atomic E-state index is 12.6. The van der Waals surface area contributed by atoms with Crippen LogP contribution >= 0.6 is 0 Å². The van der Waals surface area contributed by atoms with Gasteiger partial charge in [-0.1, -0.05) is 0 Å². The van der Waals surface area contributed by atoms with Crippen LogP contribution in [-0.2, 0) is 13.6 Å². The summed E-state index contributed by atoms with van der Waals surface area (Å²) in [6.45, 7) is 4.54. The van der Waals surface area contributed by atoms with Crippen LogP contribution in [0, 0.1) is 13.8 Å². The van der Waals surface area contributed by atoms with Crippen molar-refractivity contribution < 1.29 is 14.3 Å². The molecule has 0 radical (unpaired) electrons. The van der Waals surface area contributed by atoms with Gasteiger partial charge in [0.25, 0.3) is 5.91 Å². The number of rotatable bonds is 5. The monoisotopic (exact) mass is 352 g/mol. The number of hydrogen-bond acceptors (Lipinski definition) is 3. The van der Waals surface area contributed by atoms with E-state index < -0.39 is 0 Å². The van der Waals surface area contributed by atoms with E-state index in [1.54, 1.807) is 14.2 Å².